The number of hydrogen-bond donors (Lipinski definition) is 2. The van der Waals surface area contributed by atoms with Gasteiger partial charge in [0.1, 0.15) is 18.3 Å². The molecule has 0 spiro atoms. The van der Waals surface area contributed by atoms with Crippen molar-refractivity contribution in [1.82, 2.24) is 9.47 Å². The minimum absolute atomic E-state index is 0.238. The van der Waals surface area contributed by atoms with Gasteiger partial charge in [0.2, 0.25) is 0 Å². The van der Waals surface area contributed by atoms with Crippen LogP contribution in [0, 0.1) is 0 Å². The largest absolute Gasteiger partial charge is 0.497 e. The number of aliphatic carboxylic acids is 2. The molecule has 0 amide bonds. The maximum absolute atomic E-state index is 12.0. The molecule has 0 aliphatic carbocycles. The lowest BCUT2D eigenvalue weighted by Gasteiger charge is -2.31. The third-order valence-electron chi connectivity index (χ3n) is 4.36. The molecule has 2 N–H and O–H groups in total. The van der Waals surface area contributed by atoms with Crippen LogP contribution in [0.3, 0.4) is 0 Å². The summed E-state index contributed by atoms with van der Waals surface area (Å²) in [7, 11) is 1.53. The zero-order valence-corrected chi connectivity index (χ0v) is 13.8. The number of hydrogen-bond acceptors (Lipinski definition) is 5. The van der Waals surface area contributed by atoms with Gasteiger partial charge in [0, 0.05) is 35.8 Å². The second-order valence-corrected chi connectivity index (χ2v) is 5.88. The van der Waals surface area contributed by atoms with Crippen molar-refractivity contribution in [2.75, 3.05) is 33.4 Å². The molecule has 0 radical (unpaired) electrons. The normalized spacial score (nSPS) is 16.7. The van der Waals surface area contributed by atoms with Crippen molar-refractivity contribution in [2.24, 2.45) is 0 Å². The van der Waals surface area contributed by atoms with Crippen LogP contribution in [0.2, 0.25) is 0 Å². The summed E-state index contributed by atoms with van der Waals surface area (Å²) in [4.78, 5) is 25.0. The van der Waals surface area contributed by atoms with Crippen molar-refractivity contribution in [3.8, 4) is 5.75 Å². The Hall–Kier alpha value is -2.58. The van der Waals surface area contributed by atoms with Gasteiger partial charge in [-0.3, -0.25) is 14.5 Å². The number of carboxylic acid groups (broad SMARTS) is 2. The van der Waals surface area contributed by atoms with Crippen molar-refractivity contribution in [3.63, 3.8) is 0 Å². The van der Waals surface area contributed by atoms with E-state index in [1.807, 2.05) is 4.90 Å². The summed E-state index contributed by atoms with van der Waals surface area (Å²) in [6.45, 7) is 1.72. The fourth-order valence-electron chi connectivity index (χ4n) is 3.25. The van der Waals surface area contributed by atoms with E-state index in [2.05, 4.69) is 0 Å². The second-order valence-electron chi connectivity index (χ2n) is 5.88. The van der Waals surface area contributed by atoms with E-state index in [1.54, 1.807) is 29.0 Å². The average Bonchev–Trinajstić information content (AvgIpc) is 2.92. The first-order valence-electron chi connectivity index (χ1n) is 7.94. The highest BCUT2D eigenvalue weighted by atomic mass is 16.5. The Morgan fingerprint density at radius 3 is 2.60 bits per heavy atom. The smallest absolute Gasteiger partial charge is 0.325 e. The van der Waals surface area contributed by atoms with E-state index in [0.717, 1.165) is 0 Å². The van der Waals surface area contributed by atoms with Gasteiger partial charge in [0.25, 0.3) is 0 Å². The quantitative estimate of drug-likeness (QED) is 0.808. The molecular formula is C17H20N2O6. The molecule has 25 heavy (non-hydrogen) atoms. The third kappa shape index (κ3) is 3.45. The Morgan fingerprint density at radius 1 is 1.28 bits per heavy atom. The first-order valence-corrected chi connectivity index (χ1v) is 7.94. The number of carbonyl (C=O) groups is 2. The Balaban J connectivity index is 2.14. The Morgan fingerprint density at radius 2 is 2.00 bits per heavy atom. The van der Waals surface area contributed by atoms with Crippen molar-refractivity contribution < 1.29 is 29.3 Å². The number of aromatic nitrogens is 1. The topological polar surface area (TPSA) is 101 Å². The van der Waals surface area contributed by atoms with Crippen LogP contribution in [0.15, 0.2) is 24.4 Å². The lowest BCUT2D eigenvalue weighted by molar-refractivity contribution is -0.145. The molecule has 1 aromatic carbocycles. The molecule has 8 nitrogen and oxygen atoms in total. The average molecular weight is 348 g/mol. The number of benzene rings is 1. The van der Waals surface area contributed by atoms with Crippen LogP contribution >= 0.6 is 0 Å². The minimum atomic E-state index is -0.988. The van der Waals surface area contributed by atoms with E-state index >= 15 is 0 Å². The second kappa shape index (κ2) is 7.12. The predicted molar refractivity (Wildman–Crippen MR) is 88.9 cm³/mol. The fourth-order valence-corrected chi connectivity index (χ4v) is 3.25. The van der Waals surface area contributed by atoms with Crippen LogP contribution in [0.4, 0.5) is 0 Å². The van der Waals surface area contributed by atoms with E-state index in [0.29, 0.717) is 48.5 Å². The molecular weight excluding hydrogens is 328 g/mol. The van der Waals surface area contributed by atoms with E-state index in [4.69, 9.17) is 14.6 Å². The molecule has 0 bridgehead atoms. The summed E-state index contributed by atoms with van der Waals surface area (Å²) in [5.41, 5.74) is 1.22. The number of rotatable bonds is 6. The minimum Gasteiger partial charge on any atom is -0.497 e. The summed E-state index contributed by atoms with van der Waals surface area (Å²) in [6.07, 6.45) is 1.62. The molecule has 0 saturated carbocycles. The summed E-state index contributed by atoms with van der Waals surface area (Å²) in [5.74, 6) is -1.37. The number of ether oxygens (including phenoxy) is 2. The van der Waals surface area contributed by atoms with Crippen LogP contribution in [0.5, 0.6) is 5.75 Å². The summed E-state index contributed by atoms with van der Waals surface area (Å²) in [6, 6.07) is 4.36. The lowest BCUT2D eigenvalue weighted by Crippen LogP contribution is -2.42. The van der Waals surface area contributed by atoms with Crippen molar-refractivity contribution in [3.05, 3.63) is 30.0 Å². The summed E-state index contributed by atoms with van der Waals surface area (Å²) >= 11 is 0. The first kappa shape index (κ1) is 17.2. The molecule has 1 aliphatic heterocycles. The molecule has 8 heteroatoms. The molecule has 0 unspecified atom stereocenters. The molecule has 1 aliphatic rings. The number of methoxy groups -OCH3 is 1. The van der Waals surface area contributed by atoms with Crippen LogP contribution in [-0.2, 0) is 20.9 Å². The highest BCUT2D eigenvalue weighted by Crippen LogP contribution is 2.33. The maximum Gasteiger partial charge on any atom is 0.325 e. The zero-order valence-electron chi connectivity index (χ0n) is 13.8. The zero-order chi connectivity index (χ0) is 18.0. The van der Waals surface area contributed by atoms with E-state index in [9.17, 15) is 14.7 Å². The highest BCUT2D eigenvalue weighted by Gasteiger charge is 2.31. The molecule has 1 saturated heterocycles. The van der Waals surface area contributed by atoms with Gasteiger partial charge in [0.05, 0.1) is 20.3 Å². The Labute approximate surface area is 144 Å². The van der Waals surface area contributed by atoms with Gasteiger partial charge >= 0.3 is 11.9 Å². The van der Waals surface area contributed by atoms with E-state index in [1.165, 1.54) is 7.11 Å². The summed E-state index contributed by atoms with van der Waals surface area (Å²) < 4.78 is 12.1. The van der Waals surface area contributed by atoms with Gasteiger partial charge in [-0.1, -0.05) is 0 Å². The Bertz CT molecular complexity index is 794. The van der Waals surface area contributed by atoms with Crippen molar-refractivity contribution in [1.29, 1.82) is 0 Å². The molecule has 2 heterocycles. The highest BCUT2D eigenvalue weighted by molar-refractivity contribution is 5.91. The number of fused-ring (bicyclic) bond motifs is 1. The van der Waals surface area contributed by atoms with Gasteiger partial charge in [0.15, 0.2) is 0 Å². The summed E-state index contributed by atoms with van der Waals surface area (Å²) in [5, 5.41) is 19.6. The van der Waals surface area contributed by atoms with E-state index in [-0.39, 0.29) is 6.54 Å². The van der Waals surface area contributed by atoms with Gasteiger partial charge in [-0.2, -0.15) is 0 Å². The van der Waals surface area contributed by atoms with Crippen LogP contribution < -0.4 is 4.74 Å². The fraction of sp³-hybridized carbons (Fsp3) is 0.412. The van der Waals surface area contributed by atoms with Crippen LogP contribution in [-0.4, -0.2) is 65.0 Å². The molecule has 3 rings (SSSR count). The molecule has 1 atom stereocenters. The standard InChI is InChI=1S/C17H20N2O6/c1-24-11-2-3-14-12(8-11)13(9-19(14)10-15(20)21)16(17(22)23)18-4-6-25-7-5-18/h2-3,8-9,16H,4-7,10H2,1H3,(H,20,21)(H,22,23)/t16-/m0/s1. The van der Waals surface area contributed by atoms with Crippen LogP contribution in [0.25, 0.3) is 10.9 Å². The first-order chi connectivity index (χ1) is 12.0. The number of carboxylic acids is 2. The molecule has 1 aromatic heterocycles. The lowest BCUT2D eigenvalue weighted by atomic mass is 10.0. The van der Waals surface area contributed by atoms with Crippen LogP contribution in [0.1, 0.15) is 11.6 Å². The Kier molecular flexibility index (Phi) is 4.91. The number of nitrogens with zero attached hydrogens (tertiary/aromatic N) is 2. The van der Waals surface area contributed by atoms with Gasteiger partial charge in [-0.25, -0.2) is 0 Å². The molecule has 2 aromatic rings. The number of morpholine rings is 1. The third-order valence-corrected chi connectivity index (χ3v) is 4.36. The van der Waals surface area contributed by atoms with Gasteiger partial charge < -0.3 is 24.3 Å². The SMILES string of the molecule is COc1ccc2c(c1)c([C@@H](C(=O)O)N1CCOCC1)cn2CC(=O)O. The van der Waals surface area contributed by atoms with Crippen molar-refractivity contribution >= 4 is 22.8 Å². The molecule has 134 valence electrons. The predicted octanol–water partition coefficient (Wildman–Crippen LogP) is 1.19. The monoisotopic (exact) mass is 348 g/mol. The molecule has 1 fully saturated rings. The van der Waals surface area contributed by atoms with E-state index < -0.39 is 18.0 Å². The maximum atomic E-state index is 12.0. The van der Waals surface area contributed by atoms with Gasteiger partial charge in [-0.05, 0) is 18.2 Å². The van der Waals surface area contributed by atoms with Gasteiger partial charge in [-0.15, -0.1) is 0 Å². The van der Waals surface area contributed by atoms with Crippen molar-refractivity contribution in [2.45, 2.75) is 12.6 Å².